The average molecular weight is 333 g/mol. The second kappa shape index (κ2) is 10.7. The lowest BCUT2D eigenvalue weighted by molar-refractivity contribution is -0.121. The van der Waals surface area contributed by atoms with Crippen molar-refractivity contribution in [1.82, 2.24) is 10.3 Å². The molecule has 118 valence electrons. The monoisotopic (exact) mass is 332 g/mol. The van der Waals surface area contributed by atoms with Gasteiger partial charge in [-0.2, -0.15) is 0 Å². The maximum atomic E-state index is 11.6. The van der Waals surface area contributed by atoms with Gasteiger partial charge >= 0.3 is 0 Å². The number of pyridine rings is 1. The van der Waals surface area contributed by atoms with Gasteiger partial charge in [0, 0.05) is 25.7 Å². The number of amides is 1. The molecule has 0 spiro atoms. The summed E-state index contributed by atoms with van der Waals surface area (Å²) in [5, 5.41) is 6.86. The minimum absolute atomic E-state index is 0.0692. The Morgan fingerprint density at radius 3 is 2.67 bits per heavy atom. The first-order valence-electron chi connectivity index (χ1n) is 7.15. The summed E-state index contributed by atoms with van der Waals surface area (Å²) in [5.41, 5.74) is 5.41. The summed E-state index contributed by atoms with van der Waals surface area (Å²) >= 11 is 11.7. The van der Waals surface area contributed by atoms with Crippen LogP contribution in [0.15, 0.2) is 12.3 Å². The van der Waals surface area contributed by atoms with Crippen LogP contribution in [-0.4, -0.2) is 30.5 Å². The van der Waals surface area contributed by atoms with Gasteiger partial charge in [-0.15, -0.1) is 0 Å². The molecule has 0 aliphatic rings. The van der Waals surface area contributed by atoms with Crippen LogP contribution >= 0.6 is 23.2 Å². The molecule has 0 fully saturated rings. The van der Waals surface area contributed by atoms with Crippen molar-refractivity contribution >= 4 is 34.9 Å². The number of rotatable bonds is 10. The van der Waals surface area contributed by atoms with Crippen LogP contribution in [0, 0.1) is 0 Å². The van der Waals surface area contributed by atoms with Gasteiger partial charge in [0.2, 0.25) is 5.91 Å². The lowest BCUT2D eigenvalue weighted by atomic mass is 10.1. The van der Waals surface area contributed by atoms with Crippen molar-refractivity contribution in [2.45, 2.75) is 32.1 Å². The quantitative estimate of drug-likeness (QED) is 0.575. The van der Waals surface area contributed by atoms with Crippen LogP contribution < -0.4 is 16.4 Å². The molecule has 0 saturated heterocycles. The normalized spacial score (nSPS) is 10.4. The Morgan fingerprint density at radius 1 is 1.19 bits per heavy atom. The second-order valence-corrected chi connectivity index (χ2v) is 5.56. The highest BCUT2D eigenvalue weighted by molar-refractivity contribution is 6.35. The van der Waals surface area contributed by atoms with Gasteiger partial charge in [-0.25, -0.2) is 4.98 Å². The maximum absolute atomic E-state index is 11.6. The molecule has 0 bridgehead atoms. The molecule has 1 aromatic heterocycles. The van der Waals surface area contributed by atoms with Crippen LogP contribution in [-0.2, 0) is 4.79 Å². The number of carbonyl (C=O) groups excluding carboxylic acids is 1. The number of unbranched alkanes of at least 4 members (excludes halogenated alkanes) is 3. The van der Waals surface area contributed by atoms with Crippen molar-refractivity contribution in [1.29, 1.82) is 0 Å². The summed E-state index contributed by atoms with van der Waals surface area (Å²) in [4.78, 5) is 15.7. The number of halogens is 2. The van der Waals surface area contributed by atoms with Crippen molar-refractivity contribution in [3.63, 3.8) is 0 Å². The Hall–Kier alpha value is -1.04. The summed E-state index contributed by atoms with van der Waals surface area (Å²) in [6.45, 7) is 1.81. The van der Waals surface area contributed by atoms with Gasteiger partial charge in [0.05, 0.1) is 10.0 Å². The molecule has 0 radical (unpaired) electrons. The lowest BCUT2D eigenvalue weighted by Gasteiger charge is -2.08. The lowest BCUT2D eigenvalue weighted by Crippen LogP contribution is -2.28. The molecular formula is C14H22Cl2N4O. The molecule has 0 unspecified atom stereocenters. The SMILES string of the molecule is NCCCCCCC(=O)NCCNc1ncc(Cl)cc1Cl. The number of carbonyl (C=O) groups is 1. The molecule has 5 nitrogen and oxygen atoms in total. The largest absolute Gasteiger partial charge is 0.367 e. The average Bonchev–Trinajstić information content (AvgIpc) is 2.45. The van der Waals surface area contributed by atoms with Crippen LogP contribution in [0.4, 0.5) is 5.82 Å². The van der Waals surface area contributed by atoms with Crippen molar-refractivity contribution < 1.29 is 4.79 Å². The number of hydrogen-bond acceptors (Lipinski definition) is 4. The van der Waals surface area contributed by atoms with E-state index in [2.05, 4.69) is 15.6 Å². The molecule has 1 amide bonds. The van der Waals surface area contributed by atoms with Crippen molar-refractivity contribution in [2.24, 2.45) is 5.73 Å². The van der Waals surface area contributed by atoms with Crippen molar-refractivity contribution in [2.75, 3.05) is 25.0 Å². The predicted molar refractivity (Wildman–Crippen MR) is 87.9 cm³/mol. The van der Waals surface area contributed by atoms with Crippen molar-refractivity contribution in [3.05, 3.63) is 22.3 Å². The van der Waals surface area contributed by atoms with Crippen molar-refractivity contribution in [3.8, 4) is 0 Å². The summed E-state index contributed by atoms with van der Waals surface area (Å²) in [6.07, 6.45) is 6.16. The highest BCUT2D eigenvalue weighted by atomic mass is 35.5. The van der Waals surface area contributed by atoms with E-state index in [-0.39, 0.29) is 5.91 Å². The molecule has 0 aliphatic heterocycles. The molecular weight excluding hydrogens is 311 g/mol. The van der Waals surface area contributed by atoms with Crippen LogP contribution in [0.2, 0.25) is 10.0 Å². The first-order valence-corrected chi connectivity index (χ1v) is 7.90. The number of aromatic nitrogens is 1. The zero-order valence-electron chi connectivity index (χ0n) is 12.0. The van der Waals surface area contributed by atoms with E-state index in [1.807, 2.05) is 0 Å². The highest BCUT2D eigenvalue weighted by Crippen LogP contribution is 2.21. The van der Waals surface area contributed by atoms with Gasteiger partial charge in [-0.3, -0.25) is 4.79 Å². The van der Waals surface area contributed by atoms with Gasteiger partial charge in [0.25, 0.3) is 0 Å². The number of nitrogens with zero attached hydrogens (tertiary/aromatic N) is 1. The Kier molecular flexibility index (Phi) is 9.14. The minimum atomic E-state index is 0.0692. The second-order valence-electron chi connectivity index (χ2n) is 4.71. The van der Waals surface area contributed by atoms with E-state index in [0.717, 1.165) is 32.2 Å². The van der Waals surface area contributed by atoms with Gasteiger partial charge in [-0.1, -0.05) is 36.0 Å². The van der Waals surface area contributed by atoms with E-state index < -0.39 is 0 Å². The Labute approximate surface area is 135 Å². The van der Waals surface area contributed by atoms with E-state index in [1.165, 1.54) is 6.20 Å². The van der Waals surface area contributed by atoms with E-state index in [4.69, 9.17) is 28.9 Å². The molecule has 0 aliphatic carbocycles. The molecule has 7 heteroatoms. The first-order chi connectivity index (χ1) is 10.1. The molecule has 0 saturated carbocycles. The number of nitrogens with two attached hydrogens (primary N) is 1. The Balaban J connectivity index is 2.09. The van der Waals surface area contributed by atoms with E-state index in [1.54, 1.807) is 6.07 Å². The van der Waals surface area contributed by atoms with E-state index >= 15 is 0 Å². The summed E-state index contributed by atoms with van der Waals surface area (Å²) in [7, 11) is 0. The van der Waals surface area contributed by atoms with Gasteiger partial charge in [-0.05, 0) is 25.5 Å². The smallest absolute Gasteiger partial charge is 0.220 e. The van der Waals surface area contributed by atoms with Gasteiger partial charge < -0.3 is 16.4 Å². The highest BCUT2D eigenvalue weighted by Gasteiger charge is 2.03. The van der Waals surface area contributed by atoms with Crippen LogP contribution in [0.3, 0.4) is 0 Å². The molecule has 0 aromatic carbocycles. The first kappa shape index (κ1) is 18.0. The number of anilines is 1. The molecule has 21 heavy (non-hydrogen) atoms. The third-order valence-electron chi connectivity index (χ3n) is 2.91. The topological polar surface area (TPSA) is 80.0 Å². The fourth-order valence-electron chi connectivity index (χ4n) is 1.80. The molecule has 1 heterocycles. The van der Waals surface area contributed by atoms with Gasteiger partial charge in [0.15, 0.2) is 0 Å². The Morgan fingerprint density at radius 2 is 1.95 bits per heavy atom. The minimum Gasteiger partial charge on any atom is -0.367 e. The van der Waals surface area contributed by atoms with Gasteiger partial charge in [0.1, 0.15) is 5.82 Å². The van der Waals surface area contributed by atoms with E-state index in [0.29, 0.717) is 35.4 Å². The standard InChI is InChI=1S/C14H22Cl2N4O/c15-11-9-12(16)14(20-10-11)19-8-7-18-13(21)5-3-1-2-4-6-17/h9-10H,1-8,17H2,(H,18,21)(H,19,20). The third-order valence-corrected chi connectivity index (χ3v) is 3.40. The van der Waals surface area contributed by atoms with Crippen LogP contribution in [0.25, 0.3) is 0 Å². The number of hydrogen-bond donors (Lipinski definition) is 3. The molecule has 4 N–H and O–H groups in total. The molecule has 1 rings (SSSR count). The van der Waals surface area contributed by atoms with Crippen LogP contribution in [0.1, 0.15) is 32.1 Å². The zero-order chi connectivity index (χ0) is 15.5. The number of nitrogens with one attached hydrogen (secondary N) is 2. The third kappa shape index (κ3) is 8.09. The zero-order valence-corrected chi connectivity index (χ0v) is 13.5. The maximum Gasteiger partial charge on any atom is 0.220 e. The van der Waals surface area contributed by atoms with E-state index in [9.17, 15) is 4.79 Å². The summed E-state index contributed by atoms with van der Waals surface area (Å²) < 4.78 is 0. The molecule has 0 atom stereocenters. The summed E-state index contributed by atoms with van der Waals surface area (Å²) in [5.74, 6) is 0.636. The summed E-state index contributed by atoms with van der Waals surface area (Å²) in [6, 6.07) is 1.62. The Bertz CT molecular complexity index is 443. The predicted octanol–water partition coefficient (Wildman–Crippen LogP) is 2.83. The fraction of sp³-hybridized carbons (Fsp3) is 0.571. The molecule has 1 aromatic rings. The fourth-order valence-corrected chi connectivity index (χ4v) is 2.25. The van der Waals surface area contributed by atoms with Crippen LogP contribution in [0.5, 0.6) is 0 Å².